The Bertz CT molecular complexity index is 641. The van der Waals surface area contributed by atoms with E-state index in [9.17, 15) is 4.79 Å². The van der Waals surface area contributed by atoms with Gasteiger partial charge in [0.25, 0.3) is 0 Å². The minimum Gasteiger partial charge on any atom is -0.468 e. The second-order valence-corrected chi connectivity index (χ2v) is 5.49. The Morgan fingerprint density at radius 3 is 2.86 bits per heavy atom. The molecule has 0 bridgehead atoms. The quantitative estimate of drug-likeness (QED) is 0.578. The topological polar surface area (TPSA) is 87.7 Å². The van der Waals surface area contributed by atoms with Crippen LogP contribution in [0.5, 0.6) is 0 Å². The summed E-state index contributed by atoms with van der Waals surface area (Å²) in [5, 5.41) is 16.8. The van der Waals surface area contributed by atoms with Crippen molar-refractivity contribution in [2.24, 2.45) is 7.05 Å². The first-order valence-corrected chi connectivity index (χ1v) is 7.59. The van der Waals surface area contributed by atoms with Crippen LogP contribution in [-0.4, -0.2) is 43.1 Å². The zero-order chi connectivity index (χ0) is 15.4. The van der Waals surface area contributed by atoms with Gasteiger partial charge in [-0.05, 0) is 16.8 Å². The average Bonchev–Trinajstić information content (AvgIpc) is 3.01. The number of aryl methyl sites for hydroxylation is 2. The number of thioether (sulfide) groups is 1. The van der Waals surface area contributed by atoms with Crippen LogP contribution in [0.15, 0.2) is 5.16 Å². The van der Waals surface area contributed by atoms with E-state index in [1.165, 1.54) is 23.6 Å². The molecule has 0 spiro atoms. The molecule has 21 heavy (non-hydrogen) atoms. The predicted octanol–water partition coefficient (Wildman–Crippen LogP) is 1.09. The number of rotatable bonds is 6. The van der Waals surface area contributed by atoms with E-state index in [0.29, 0.717) is 15.9 Å². The molecule has 2 aromatic heterocycles. The van der Waals surface area contributed by atoms with Gasteiger partial charge in [-0.2, -0.15) is 5.10 Å². The minimum atomic E-state index is -0.406. The van der Waals surface area contributed by atoms with Crippen molar-refractivity contribution in [3.05, 3.63) is 16.4 Å². The van der Waals surface area contributed by atoms with Crippen molar-refractivity contribution in [1.82, 2.24) is 30.0 Å². The zero-order valence-corrected chi connectivity index (χ0v) is 13.5. The molecule has 0 fully saturated rings. The lowest BCUT2D eigenvalue weighted by atomic mass is 10.3. The SMILES string of the molecule is CCc1nn(C)c(CSc2nnnn2CC(=O)OC)c1Cl. The summed E-state index contributed by atoms with van der Waals surface area (Å²) >= 11 is 7.67. The minimum absolute atomic E-state index is 0.0227. The monoisotopic (exact) mass is 330 g/mol. The van der Waals surface area contributed by atoms with Crippen LogP contribution in [0.4, 0.5) is 0 Å². The van der Waals surface area contributed by atoms with E-state index in [4.69, 9.17) is 11.6 Å². The molecule has 0 saturated heterocycles. The maximum Gasteiger partial charge on any atom is 0.327 e. The van der Waals surface area contributed by atoms with Gasteiger partial charge in [0.05, 0.1) is 23.5 Å². The summed E-state index contributed by atoms with van der Waals surface area (Å²) in [6.45, 7) is 1.98. The molecule has 2 heterocycles. The number of nitrogens with zero attached hydrogens (tertiary/aromatic N) is 6. The molecule has 10 heteroatoms. The first-order chi connectivity index (χ1) is 10.1. The first kappa shape index (κ1) is 15.8. The molecule has 0 radical (unpaired) electrons. The van der Waals surface area contributed by atoms with Gasteiger partial charge in [0, 0.05) is 12.8 Å². The van der Waals surface area contributed by atoms with Crippen LogP contribution in [0, 0.1) is 0 Å². The van der Waals surface area contributed by atoms with Crippen molar-refractivity contribution in [2.45, 2.75) is 30.8 Å². The fraction of sp³-hybridized carbons (Fsp3) is 0.545. The molecule has 0 saturated carbocycles. The van der Waals surface area contributed by atoms with E-state index in [1.807, 2.05) is 14.0 Å². The molecule has 0 aliphatic carbocycles. The van der Waals surface area contributed by atoms with Crippen LogP contribution in [0.1, 0.15) is 18.3 Å². The van der Waals surface area contributed by atoms with Crippen LogP contribution in [0.3, 0.4) is 0 Å². The molecule has 2 rings (SSSR count). The maximum atomic E-state index is 11.3. The largest absolute Gasteiger partial charge is 0.468 e. The van der Waals surface area contributed by atoms with E-state index in [2.05, 4.69) is 25.4 Å². The molecule has 0 amide bonds. The Morgan fingerprint density at radius 1 is 1.48 bits per heavy atom. The molecular weight excluding hydrogens is 316 g/mol. The summed E-state index contributed by atoms with van der Waals surface area (Å²) < 4.78 is 7.74. The molecule has 114 valence electrons. The van der Waals surface area contributed by atoms with E-state index in [1.54, 1.807) is 4.68 Å². The van der Waals surface area contributed by atoms with Crippen molar-refractivity contribution in [3.8, 4) is 0 Å². The van der Waals surface area contributed by atoms with Gasteiger partial charge in [-0.15, -0.1) is 5.10 Å². The molecule has 0 aliphatic heterocycles. The van der Waals surface area contributed by atoms with Crippen LogP contribution in [0.25, 0.3) is 0 Å². The van der Waals surface area contributed by atoms with Crippen LogP contribution in [0.2, 0.25) is 5.02 Å². The van der Waals surface area contributed by atoms with Gasteiger partial charge in [-0.3, -0.25) is 9.48 Å². The van der Waals surface area contributed by atoms with Gasteiger partial charge in [0.1, 0.15) is 6.54 Å². The van der Waals surface area contributed by atoms with Gasteiger partial charge in [0.2, 0.25) is 5.16 Å². The number of hydrogen-bond acceptors (Lipinski definition) is 7. The standard InChI is InChI=1S/C11H15ClN6O2S/c1-4-7-10(12)8(17(2)14-7)6-21-11-13-15-16-18(11)5-9(19)20-3/h4-6H2,1-3H3. The van der Waals surface area contributed by atoms with Gasteiger partial charge in [0.15, 0.2) is 0 Å². The molecule has 0 aromatic carbocycles. The number of methoxy groups -OCH3 is 1. The number of carbonyl (C=O) groups excluding carboxylic acids is 1. The lowest BCUT2D eigenvalue weighted by Crippen LogP contribution is -2.13. The van der Waals surface area contributed by atoms with Crippen LogP contribution >= 0.6 is 23.4 Å². The molecule has 0 unspecified atom stereocenters. The van der Waals surface area contributed by atoms with Crippen molar-refractivity contribution in [2.75, 3.05) is 7.11 Å². The Hall–Kier alpha value is -1.61. The summed E-state index contributed by atoms with van der Waals surface area (Å²) in [5.74, 6) is 0.153. The second kappa shape index (κ2) is 6.90. The number of aromatic nitrogens is 6. The van der Waals surface area contributed by atoms with Gasteiger partial charge in [-0.1, -0.05) is 30.3 Å². The van der Waals surface area contributed by atoms with E-state index >= 15 is 0 Å². The summed E-state index contributed by atoms with van der Waals surface area (Å²) in [6, 6.07) is 0. The zero-order valence-electron chi connectivity index (χ0n) is 11.9. The Labute approximate surface area is 130 Å². The molecule has 0 aliphatic rings. The molecular formula is C11H15ClN6O2S. The summed E-state index contributed by atoms with van der Waals surface area (Å²) in [6.07, 6.45) is 0.775. The van der Waals surface area contributed by atoms with Crippen molar-refractivity contribution >= 4 is 29.3 Å². The van der Waals surface area contributed by atoms with Crippen molar-refractivity contribution in [3.63, 3.8) is 0 Å². The smallest absolute Gasteiger partial charge is 0.327 e. The lowest BCUT2D eigenvalue weighted by Gasteiger charge is -2.04. The van der Waals surface area contributed by atoms with Crippen molar-refractivity contribution < 1.29 is 9.53 Å². The Balaban J connectivity index is 2.09. The number of halogens is 1. The normalized spacial score (nSPS) is 10.9. The molecule has 8 nitrogen and oxygen atoms in total. The predicted molar refractivity (Wildman–Crippen MR) is 77.0 cm³/mol. The highest BCUT2D eigenvalue weighted by Crippen LogP contribution is 2.27. The van der Waals surface area contributed by atoms with Crippen molar-refractivity contribution in [1.29, 1.82) is 0 Å². The maximum absolute atomic E-state index is 11.3. The van der Waals surface area contributed by atoms with Gasteiger partial charge >= 0.3 is 5.97 Å². The Kier molecular flexibility index (Phi) is 5.18. The molecule has 0 atom stereocenters. The fourth-order valence-corrected chi connectivity index (χ4v) is 3.08. The third-order valence-electron chi connectivity index (χ3n) is 2.85. The van der Waals surface area contributed by atoms with Crippen LogP contribution in [-0.2, 0) is 35.3 Å². The number of ether oxygens (including phenoxy) is 1. The molecule has 0 N–H and O–H groups in total. The summed E-state index contributed by atoms with van der Waals surface area (Å²) in [7, 11) is 3.17. The number of esters is 1. The molecule has 2 aromatic rings. The van der Waals surface area contributed by atoms with E-state index in [0.717, 1.165) is 17.8 Å². The van der Waals surface area contributed by atoms with Gasteiger partial charge in [-0.25, -0.2) is 4.68 Å². The summed E-state index contributed by atoms with van der Waals surface area (Å²) in [4.78, 5) is 11.3. The fourth-order valence-electron chi connectivity index (χ4n) is 1.70. The first-order valence-electron chi connectivity index (χ1n) is 6.22. The lowest BCUT2D eigenvalue weighted by molar-refractivity contribution is -0.141. The van der Waals surface area contributed by atoms with E-state index in [-0.39, 0.29) is 6.54 Å². The van der Waals surface area contributed by atoms with Gasteiger partial charge < -0.3 is 4.74 Å². The number of tetrazole rings is 1. The Morgan fingerprint density at radius 2 is 2.24 bits per heavy atom. The second-order valence-electron chi connectivity index (χ2n) is 4.17. The highest BCUT2D eigenvalue weighted by Gasteiger charge is 2.16. The number of carbonyl (C=O) groups is 1. The highest BCUT2D eigenvalue weighted by atomic mass is 35.5. The number of hydrogen-bond donors (Lipinski definition) is 0. The van der Waals surface area contributed by atoms with E-state index < -0.39 is 5.97 Å². The average molecular weight is 331 g/mol. The van der Waals surface area contributed by atoms with Crippen LogP contribution < -0.4 is 0 Å². The third kappa shape index (κ3) is 3.53. The summed E-state index contributed by atoms with van der Waals surface area (Å²) in [5.41, 5.74) is 1.76. The highest BCUT2D eigenvalue weighted by molar-refractivity contribution is 7.98. The third-order valence-corrected chi connectivity index (χ3v) is 4.25.